The smallest absolute Gasteiger partial charge is 0.277 e. The van der Waals surface area contributed by atoms with Gasteiger partial charge in [-0.25, -0.2) is 4.39 Å². The third kappa shape index (κ3) is 4.67. The van der Waals surface area contributed by atoms with E-state index >= 15 is 0 Å². The third-order valence-corrected chi connectivity index (χ3v) is 4.63. The van der Waals surface area contributed by atoms with Crippen LogP contribution in [0.5, 0.6) is 0 Å². The molecule has 0 unspecified atom stereocenters. The Kier molecular flexibility index (Phi) is 5.50. The van der Waals surface area contributed by atoms with Gasteiger partial charge >= 0.3 is 0 Å². The number of carbonyl (C=O) groups is 1. The number of nitrogens with zero attached hydrogens (tertiary/aromatic N) is 2. The zero-order valence-corrected chi connectivity index (χ0v) is 15.5. The number of aromatic nitrogens is 2. The van der Waals surface area contributed by atoms with E-state index in [0.29, 0.717) is 22.4 Å². The Morgan fingerprint density at radius 2 is 2.00 bits per heavy atom. The fourth-order valence-corrected chi connectivity index (χ4v) is 2.80. The van der Waals surface area contributed by atoms with Gasteiger partial charge in [-0.2, -0.15) is 0 Å². The minimum atomic E-state index is -0.360. The second-order valence-corrected chi connectivity index (χ2v) is 7.02. The minimum Gasteiger partial charge on any atom is -0.411 e. The molecule has 5 nitrogen and oxygen atoms in total. The van der Waals surface area contributed by atoms with Gasteiger partial charge in [-0.15, -0.1) is 10.2 Å². The number of anilines is 1. The Hall–Kier alpha value is -2.19. The van der Waals surface area contributed by atoms with E-state index in [1.807, 2.05) is 24.3 Å². The molecule has 0 saturated heterocycles. The summed E-state index contributed by atoms with van der Waals surface area (Å²) in [6.45, 7) is 1.66. The summed E-state index contributed by atoms with van der Waals surface area (Å²) in [6, 6.07) is 12.0. The zero-order chi connectivity index (χ0) is 17.8. The van der Waals surface area contributed by atoms with Gasteiger partial charge in [0.15, 0.2) is 0 Å². The molecule has 1 amide bonds. The Morgan fingerprint density at radius 3 is 2.72 bits per heavy atom. The Bertz CT molecular complexity index is 899. The Labute approximate surface area is 156 Å². The average molecular weight is 422 g/mol. The van der Waals surface area contributed by atoms with Crippen LogP contribution < -0.4 is 5.32 Å². The lowest BCUT2D eigenvalue weighted by Crippen LogP contribution is -2.14. The first-order valence-corrected chi connectivity index (χ1v) is 9.07. The van der Waals surface area contributed by atoms with Crippen LogP contribution in [0.1, 0.15) is 5.56 Å². The highest BCUT2D eigenvalue weighted by molar-refractivity contribution is 9.10. The monoisotopic (exact) mass is 421 g/mol. The molecule has 2 aromatic carbocycles. The number of nitrogens with one attached hydrogen (secondary N) is 1. The Balaban J connectivity index is 1.57. The number of hydrogen-bond acceptors (Lipinski definition) is 5. The highest BCUT2D eigenvalue weighted by Crippen LogP contribution is 2.24. The topological polar surface area (TPSA) is 68.0 Å². The van der Waals surface area contributed by atoms with Crippen LogP contribution in [0.3, 0.4) is 0 Å². The summed E-state index contributed by atoms with van der Waals surface area (Å²) in [6.07, 6.45) is 0. The van der Waals surface area contributed by atoms with Crippen molar-refractivity contribution in [3.8, 4) is 11.5 Å². The van der Waals surface area contributed by atoms with Crippen molar-refractivity contribution in [2.75, 3.05) is 11.1 Å². The van der Waals surface area contributed by atoms with Crippen LogP contribution in [0.4, 0.5) is 10.1 Å². The SMILES string of the molecule is Cc1ccc(NC(=O)CSc2nnc(-c3ccc(Br)cc3)o2)cc1F. The normalized spacial score (nSPS) is 10.7. The summed E-state index contributed by atoms with van der Waals surface area (Å²) in [5, 5.41) is 10.8. The van der Waals surface area contributed by atoms with Crippen molar-refractivity contribution in [1.82, 2.24) is 10.2 Å². The summed E-state index contributed by atoms with van der Waals surface area (Å²) in [4.78, 5) is 11.9. The van der Waals surface area contributed by atoms with Crippen LogP contribution in [0, 0.1) is 12.7 Å². The molecule has 25 heavy (non-hydrogen) atoms. The fourth-order valence-electron chi connectivity index (χ4n) is 1.97. The number of carbonyl (C=O) groups excluding carboxylic acids is 1. The highest BCUT2D eigenvalue weighted by atomic mass is 79.9. The molecule has 8 heteroatoms. The van der Waals surface area contributed by atoms with Gasteiger partial charge < -0.3 is 9.73 Å². The van der Waals surface area contributed by atoms with Crippen molar-refractivity contribution >= 4 is 39.3 Å². The molecule has 1 aromatic heterocycles. The minimum absolute atomic E-state index is 0.0808. The molecule has 1 heterocycles. The molecular weight excluding hydrogens is 409 g/mol. The number of aryl methyl sites for hydroxylation is 1. The van der Waals surface area contributed by atoms with Gasteiger partial charge in [0.25, 0.3) is 5.22 Å². The maximum atomic E-state index is 13.5. The van der Waals surface area contributed by atoms with Crippen LogP contribution >= 0.6 is 27.7 Å². The summed E-state index contributed by atoms with van der Waals surface area (Å²) < 4.78 is 20.0. The summed E-state index contributed by atoms with van der Waals surface area (Å²) >= 11 is 4.48. The summed E-state index contributed by atoms with van der Waals surface area (Å²) in [7, 11) is 0. The molecule has 0 aliphatic heterocycles. The van der Waals surface area contributed by atoms with E-state index in [1.165, 1.54) is 6.07 Å². The molecule has 128 valence electrons. The third-order valence-electron chi connectivity index (χ3n) is 3.28. The van der Waals surface area contributed by atoms with Crippen molar-refractivity contribution in [1.29, 1.82) is 0 Å². The van der Waals surface area contributed by atoms with Crippen LogP contribution in [0.15, 0.2) is 56.6 Å². The van der Waals surface area contributed by atoms with Gasteiger partial charge in [0.05, 0.1) is 5.75 Å². The molecule has 1 N–H and O–H groups in total. The first kappa shape index (κ1) is 17.6. The number of hydrogen-bond donors (Lipinski definition) is 1. The molecule has 0 saturated carbocycles. The van der Waals surface area contributed by atoms with E-state index in [1.54, 1.807) is 19.1 Å². The lowest BCUT2D eigenvalue weighted by molar-refractivity contribution is -0.113. The van der Waals surface area contributed by atoms with Crippen molar-refractivity contribution < 1.29 is 13.6 Å². The number of rotatable bonds is 5. The van der Waals surface area contributed by atoms with E-state index in [9.17, 15) is 9.18 Å². The van der Waals surface area contributed by atoms with Crippen LogP contribution in [0.2, 0.25) is 0 Å². The van der Waals surface area contributed by atoms with Crippen LogP contribution in [-0.2, 0) is 4.79 Å². The molecule has 0 aliphatic carbocycles. The first-order valence-electron chi connectivity index (χ1n) is 7.29. The van der Waals surface area contributed by atoms with E-state index in [2.05, 4.69) is 31.4 Å². The van der Waals surface area contributed by atoms with Gasteiger partial charge in [0.2, 0.25) is 11.8 Å². The lowest BCUT2D eigenvalue weighted by Gasteiger charge is -2.05. The molecule has 0 bridgehead atoms. The predicted octanol–water partition coefficient (Wildman–Crippen LogP) is 4.68. The maximum absolute atomic E-state index is 13.5. The van der Waals surface area contributed by atoms with Gasteiger partial charge in [-0.05, 0) is 48.9 Å². The fraction of sp³-hybridized carbons (Fsp3) is 0.118. The van der Waals surface area contributed by atoms with E-state index in [0.717, 1.165) is 21.8 Å². The lowest BCUT2D eigenvalue weighted by atomic mass is 10.2. The van der Waals surface area contributed by atoms with Gasteiger partial charge in [-0.3, -0.25) is 4.79 Å². The molecule has 0 atom stereocenters. The van der Waals surface area contributed by atoms with Gasteiger partial charge in [0, 0.05) is 15.7 Å². The number of benzene rings is 2. The second kappa shape index (κ2) is 7.79. The van der Waals surface area contributed by atoms with Crippen LogP contribution in [0.25, 0.3) is 11.5 Å². The van der Waals surface area contributed by atoms with E-state index in [-0.39, 0.29) is 17.5 Å². The van der Waals surface area contributed by atoms with Crippen molar-refractivity contribution in [3.63, 3.8) is 0 Å². The zero-order valence-electron chi connectivity index (χ0n) is 13.1. The molecule has 0 spiro atoms. The highest BCUT2D eigenvalue weighted by Gasteiger charge is 2.12. The van der Waals surface area contributed by atoms with Crippen LogP contribution in [-0.4, -0.2) is 21.9 Å². The molecule has 3 aromatic rings. The van der Waals surface area contributed by atoms with Crippen molar-refractivity contribution in [2.24, 2.45) is 0 Å². The standard InChI is InChI=1S/C17H13BrFN3O2S/c1-10-2-7-13(8-14(10)19)20-15(23)9-25-17-22-21-16(24-17)11-3-5-12(18)6-4-11/h2-8H,9H2,1H3,(H,20,23). The average Bonchev–Trinajstić information content (AvgIpc) is 3.06. The molecule has 0 radical (unpaired) electrons. The maximum Gasteiger partial charge on any atom is 0.277 e. The molecule has 0 fully saturated rings. The largest absolute Gasteiger partial charge is 0.411 e. The number of thioether (sulfide) groups is 1. The predicted molar refractivity (Wildman–Crippen MR) is 97.9 cm³/mol. The first-order chi connectivity index (χ1) is 12.0. The summed E-state index contributed by atoms with van der Waals surface area (Å²) in [5.74, 6) is -0.175. The van der Waals surface area contributed by atoms with E-state index in [4.69, 9.17) is 4.42 Å². The van der Waals surface area contributed by atoms with E-state index < -0.39 is 0 Å². The Morgan fingerprint density at radius 1 is 1.24 bits per heavy atom. The van der Waals surface area contributed by atoms with Gasteiger partial charge in [-0.1, -0.05) is 33.8 Å². The molecule has 0 aliphatic rings. The molecule has 3 rings (SSSR count). The quantitative estimate of drug-likeness (QED) is 0.605. The second-order valence-electron chi connectivity index (χ2n) is 5.18. The van der Waals surface area contributed by atoms with Gasteiger partial charge in [0.1, 0.15) is 5.82 Å². The number of amides is 1. The van der Waals surface area contributed by atoms with Crippen molar-refractivity contribution in [3.05, 3.63) is 58.3 Å². The summed E-state index contributed by atoms with van der Waals surface area (Å²) in [5.41, 5.74) is 1.73. The van der Waals surface area contributed by atoms with Crippen molar-refractivity contribution in [2.45, 2.75) is 12.1 Å². The number of halogens is 2. The molecular formula is C17H13BrFN3O2S.